The van der Waals surface area contributed by atoms with Crippen molar-refractivity contribution in [3.63, 3.8) is 0 Å². The van der Waals surface area contributed by atoms with Gasteiger partial charge in [0.05, 0.1) is 5.41 Å². The van der Waals surface area contributed by atoms with E-state index in [0.29, 0.717) is 25.8 Å². The van der Waals surface area contributed by atoms with Crippen LogP contribution < -0.4 is 11.1 Å². The first-order valence-corrected chi connectivity index (χ1v) is 7.43. The molecule has 4 N–H and O–H groups in total. The summed E-state index contributed by atoms with van der Waals surface area (Å²) in [4.78, 5) is 23.2. The highest BCUT2D eigenvalue weighted by Gasteiger charge is 2.35. The second-order valence-electron chi connectivity index (χ2n) is 6.27. The summed E-state index contributed by atoms with van der Waals surface area (Å²) in [7, 11) is 0. The van der Waals surface area contributed by atoms with Crippen molar-refractivity contribution in [2.75, 3.05) is 13.1 Å². The zero-order valence-corrected chi connectivity index (χ0v) is 13.3. The first-order chi connectivity index (χ1) is 9.23. The van der Waals surface area contributed by atoms with Crippen LogP contribution in [0.15, 0.2) is 0 Å². The Hall–Kier alpha value is -1.10. The van der Waals surface area contributed by atoms with E-state index in [1.165, 1.54) is 0 Å². The van der Waals surface area contributed by atoms with Gasteiger partial charge in [0.1, 0.15) is 0 Å². The third-order valence-corrected chi connectivity index (χ3v) is 4.28. The summed E-state index contributed by atoms with van der Waals surface area (Å²) in [5.41, 5.74) is 4.74. The van der Waals surface area contributed by atoms with Gasteiger partial charge in [0, 0.05) is 13.0 Å². The average Bonchev–Trinajstić information content (AvgIpc) is 2.38. The number of amides is 1. The molecule has 0 rings (SSSR count). The Morgan fingerprint density at radius 1 is 1.15 bits per heavy atom. The highest BCUT2D eigenvalue weighted by Crippen LogP contribution is 2.27. The first kappa shape index (κ1) is 18.9. The minimum atomic E-state index is -0.845. The average molecular weight is 286 g/mol. The lowest BCUT2D eigenvalue weighted by Gasteiger charge is -2.27. The number of nitrogens with one attached hydrogen (secondary N) is 1. The predicted molar refractivity (Wildman–Crippen MR) is 80.3 cm³/mol. The Morgan fingerprint density at radius 2 is 1.70 bits per heavy atom. The molecule has 0 fully saturated rings. The molecule has 0 aromatic carbocycles. The third kappa shape index (κ3) is 5.90. The van der Waals surface area contributed by atoms with Gasteiger partial charge in [0.25, 0.3) is 0 Å². The Morgan fingerprint density at radius 3 is 2.10 bits per heavy atom. The van der Waals surface area contributed by atoms with Crippen molar-refractivity contribution < 1.29 is 14.7 Å². The van der Waals surface area contributed by atoms with Gasteiger partial charge in [-0.3, -0.25) is 9.59 Å². The second-order valence-corrected chi connectivity index (χ2v) is 6.27. The quantitative estimate of drug-likeness (QED) is 0.573. The predicted octanol–water partition coefficient (Wildman–Crippen LogP) is 2.15. The second kappa shape index (κ2) is 8.25. The monoisotopic (exact) mass is 286 g/mol. The van der Waals surface area contributed by atoms with E-state index in [2.05, 4.69) is 19.2 Å². The van der Waals surface area contributed by atoms with E-state index in [-0.39, 0.29) is 17.9 Å². The van der Waals surface area contributed by atoms with Crippen LogP contribution in [0.3, 0.4) is 0 Å². The lowest BCUT2D eigenvalue weighted by atomic mass is 9.82. The summed E-state index contributed by atoms with van der Waals surface area (Å²) in [5.74, 6) is -0.922. The normalized spacial score (nSPS) is 12.2. The Kier molecular flexibility index (Phi) is 7.79. The standard InChI is InChI=1S/C15H30N2O3/c1-5-15(6-2,13(19)20)11-17-12(18)7-8-14(3,4)9-10-16/h5-11,16H2,1-4H3,(H,17,18)(H,19,20). The van der Waals surface area contributed by atoms with E-state index in [0.717, 1.165) is 12.8 Å². The number of hydrogen-bond donors (Lipinski definition) is 3. The first-order valence-electron chi connectivity index (χ1n) is 7.43. The van der Waals surface area contributed by atoms with Crippen LogP contribution in [0.4, 0.5) is 0 Å². The zero-order valence-electron chi connectivity index (χ0n) is 13.3. The van der Waals surface area contributed by atoms with Crippen LogP contribution in [-0.2, 0) is 9.59 Å². The maximum Gasteiger partial charge on any atom is 0.311 e. The molecule has 0 unspecified atom stereocenters. The zero-order chi connectivity index (χ0) is 15.8. The van der Waals surface area contributed by atoms with E-state index >= 15 is 0 Å². The van der Waals surface area contributed by atoms with Crippen molar-refractivity contribution in [2.24, 2.45) is 16.6 Å². The van der Waals surface area contributed by atoms with Crippen LogP contribution in [0.1, 0.15) is 59.8 Å². The number of hydrogen-bond acceptors (Lipinski definition) is 3. The summed E-state index contributed by atoms with van der Waals surface area (Å²) in [5, 5.41) is 12.1. The maximum absolute atomic E-state index is 11.9. The van der Waals surface area contributed by atoms with Gasteiger partial charge in [0.2, 0.25) is 5.91 Å². The molecule has 0 radical (unpaired) electrons. The fourth-order valence-electron chi connectivity index (χ4n) is 2.20. The van der Waals surface area contributed by atoms with Crippen LogP contribution in [0, 0.1) is 10.8 Å². The number of rotatable bonds is 10. The summed E-state index contributed by atoms with van der Waals surface area (Å²) >= 11 is 0. The minimum Gasteiger partial charge on any atom is -0.481 e. The lowest BCUT2D eigenvalue weighted by molar-refractivity contribution is -0.149. The summed E-state index contributed by atoms with van der Waals surface area (Å²) in [6.07, 6.45) is 3.07. The lowest BCUT2D eigenvalue weighted by Crippen LogP contribution is -2.42. The molecule has 0 saturated heterocycles. The van der Waals surface area contributed by atoms with E-state index in [9.17, 15) is 14.7 Å². The highest BCUT2D eigenvalue weighted by molar-refractivity contribution is 5.79. The molecule has 20 heavy (non-hydrogen) atoms. The number of carbonyl (C=O) groups is 2. The van der Waals surface area contributed by atoms with Crippen LogP contribution in [-0.4, -0.2) is 30.1 Å². The Bertz CT molecular complexity index is 323. The van der Waals surface area contributed by atoms with Gasteiger partial charge >= 0.3 is 5.97 Å². The fourth-order valence-corrected chi connectivity index (χ4v) is 2.20. The highest BCUT2D eigenvalue weighted by atomic mass is 16.4. The van der Waals surface area contributed by atoms with Gasteiger partial charge in [-0.15, -0.1) is 0 Å². The van der Waals surface area contributed by atoms with Gasteiger partial charge in [-0.05, 0) is 37.6 Å². The number of carbonyl (C=O) groups excluding carboxylic acids is 1. The molecule has 0 aliphatic rings. The van der Waals surface area contributed by atoms with Gasteiger partial charge in [-0.1, -0.05) is 27.7 Å². The van der Waals surface area contributed by atoms with Crippen LogP contribution >= 0.6 is 0 Å². The molecule has 0 bridgehead atoms. The van der Waals surface area contributed by atoms with Crippen molar-refractivity contribution in [3.05, 3.63) is 0 Å². The Balaban J connectivity index is 4.32. The molecule has 0 spiro atoms. The molecular weight excluding hydrogens is 256 g/mol. The van der Waals surface area contributed by atoms with Crippen LogP contribution in [0.25, 0.3) is 0 Å². The number of carboxylic acid groups (broad SMARTS) is 1. The molecule has 1 amide bonds. The van der Waals surface area contributed by atoms with E-state index < -0.39 is 11.4 Å². The van der Waals surface area contributed by atoms with Crippen LogP contribution in [0.5, 0.6) is 0 Å². The largest absolute Gasteiger partial charge is 0.481 e. The van der Waals surface area contributed by atoms with Gasteiger partial charge in [0.15, 0.2) is 0 Å². The number of nitrogens with two attached hydrogens (primary N) is 1. The van der Waals surface area contributed by atoms with E-state index in [1.54, 1.807) is 0 Å². The molecular formula is C15H30N2O3. The summed E-state index contributed by atoms with van der Waals surface area (Å²) in [6.45, 7) is 8.68. The topological polar surface area (TPSA) is 92.4 Å². The molecule has 0 aliphatic carbocycles. The van der Waals surface area contributed by atoms with E-state index in [4.69, 9.17) is 5.73 Å². The van der Waals surface area contributed by atoms with Crippen LogP contribution in [0.2, 0.25) is 0 Å². The molecule has 118 valence electrons. The van der Waals surface area contributed by atoms with E-state index in [1.807, 2.05) is 13.8 Å². The minimum absolute atomic E-state index is 0.0471. The van der Waals surface area contributed by atoms with Crippen molar-refractivity contribution in [3.8, 4) is 0 Å². The molecule has 0 atom stereocenters. The fraction of sp³-hybridized carbons (Fsp3) is 0.867. The van der Waals surface area contributed by atoms with Crippen molar-refractivity contribution in [1.29, 1.82) is 0 Å². The molecule has 5 nitrogen and oxygen atoms in total. The smallest absolute Gasteiger partial charge is 0.311 e. The molecule has 0 aliphatic heterocycles. The maximum atomic E-state index is 11.9. The third-order valence-electron chi connectivity index (χ3n) is 4.28. The SMILES string of the molecule is CCC(CC)(CNC(=O)CCC(C)(C)CCN)C(=O)O. The Labute approximate surface area is 122 Å². The molecule has 0 heterocycles. The van der Waals surface area contributed by atoms with Crippen molar-refractivity contribution >= 4 is 11.9 Å². The molecule has 0 aromatic heterocycles. The molecule has 5 heteroatoms. The number of carboxylic acids is 1. The number of aliphatic carboxylic acids is 1. The van der Waals surface area contributed by atoms with Gasteiger partial charge in [-0.2, -0.15) is 0 Å². The van der Waals surface area contributed by atoms with Crippen molar-refractivity contribution in [2.45, 2.75) is 59.8 Å². The summed E-state index contributed by atoms with van der Waals surface area (Å²) < 4.78 is 0. The van der Waals surface area contributed by atoms with Gasteiger partial charge < -0.3 is 16.2 Å². The van der Waals surface area contributed by atoms with Gasteiger partial charge in [-0.25, -0.2) is 0 Å². The summed E-state index contributed by atoms with van der Waals surface area (Å²) in [6, 6.07) is 0. The van der Waals surface area contributed by atoms with Crippen molar-refractivity contribution in [1.82, 2.24) is 5.32 Å². The molecule has 0 saturated carbocycles. The molecule has 0 aromatic rings.